The maximum atomic E-state index is 13.3. The highest BCUT2D eigenvalue weighted by Gasteiger charge is 2.27. The van der Waals surface area contributed by atoms with Crippen LogP contribution in [0.2, 0.25) is 5.02 Å². The Morgan fingerprint density at radius 2 is 1.65 bits per heavy atom. The number of nitrogens with zero attached hydrogens (tertiary/aromatic N) is 1. The first kappa shape index (κ1) is 22.8. The topological polar surface area (TPSA) is 66.5 Å². The van der Waals surface area contributed by atoms with Crippen LogP contribution in [0, 0.1) is 13.8 Å². The molecule has 0 aromatic heterocycles. The Morgan fingerprint density at radius 1 is 1.00 bits per heavy atom. The molecular formula is C24H25ClN2O3S. The molecule has 0 aliphatic rings. The fourth-order valence-electron chi connectivity index (χ4n) is 3.45. The molecule has 0 fully saturated rings. The van der Waals surface area contributed by atoms with E-state index in [1.165, 1.54) is 24.3 Å². The molecule has 3 rings (SSSR count). The molecule has 7 heteroatoms. The number of rotatable bonds is 7. The van der Waals surface area contributed by atoms with Crippen LogP contribution in [0.4, 0.5) is 5.69 Å². The number of carbonyl (C=O) groups is 1. The first-order valence-corrected chi connectivity index (χ1v) is 11.7. The summed E-state index contributed by atoms with van der Waals surface area (Å²) in [6, 6.07) is 20.2. The minimum absolute atomic E-state index is 0.0657. The fourth-order valence-corrected chi connectivity index (χ4v) is 5.00. The van der Waals surface area contributed by atoms with E-state index in [0.717, 1.165) is 21.0 Å². The predicted molar refractivity (Wildman–Crippen MR) is 125 cm³/mol. The van der Waals surface area contributed by atoms with Gasteiger partial charge < -0.3 is 5.32 Å². The predicted octanol–water partition coefficient (Wildman–Crippen LogP) is 5.03. The van der Waals surface area contributed by atoms with Gasteiger partial charge in [-0.3, -0.25) is 9.10 Å². The van der Waals surface area contributed by atoms with Gasteiger partial charge in [0.25, 0.3) is 10.0 Å². The Labute approximate surface area is 188 Å². The standard InChI is InChI=1S/C24H25ClN2O3S/c1-17-9-14-23(18(2)15-17)19(3)26-24(28)16-27(21-7-5-4-6-8-21)31(29,30)22-12-10-20(25)11-13-22/h4-15,19H,16H2,1-3H3,(H,26,28)/t19-/m0/s1. The zero-order valence-corrected chi connectivity index (χ0v) is 19.2. The summed E-state index contributed by atoms with van der Waals surface area (Å²) in [5, 5.41) is 3.36. The third-order valence-electron chi connectivity index (χ3n) is 5.00. The van der Waals surface area contributed by atoms with Crippen LogP contribution in [0.5, 0.6) is 0 Å². The third kappa shape index (κ3) is 5.46. The van der Waals surface area contributed by atoms with Crippen molar-refractivity contribution in [2.24, 2.45) is 0 Å². The summed E-state index contributed by atoms with van der Waals surface area (Å²) in [6.07, 6.45) is 0. The van der Waals surface area contributed by atoms with E-state index in [2.05, 4.69) is 11.4 Å². The van der Waals surface area contributed by atoms with Gasteiger partial charge in [0.2, 0.25) is 5.91 Å². The highest BCUT2D eigenvalue weighted by molar-refractivity contribution is 7.92. The second-order valence-corrected chi connectivity index (χ2v) is 9.75. The summed E-state index contributed by atoms with van der Waals surface area (Å²) in [4.78, 5) is 12.9. The van der Waals surface area contributed by atoms with Gasteiger partial charge in [0.1, 0.15) is 6.54 Å². The first-order chi connectivity index (χ1) is 14.7. The second kappa shape index (κ2) is 9.54. The summed E-state index contributed by atoms with van der Waals surface area (Å²) in [5.74, 6) is -0.395. The maximum absolute atomic E-state index is 13.3. The van der Waals surface area contributed by atoms with Crippen LogP contribution in [0.15, 0.2) is 77.7 Å². The normalized spacial score (nSPS) is 12.3. The van der Waals surface area contributed by atoms with Crippen molar-refractivity contribution < 1.29 is 13.2 Å². The third-order valence-corrected chi connectivity index (χ3v) is 7.04. The van der Waals surface area contributed by atoms with E-state index < -0.39 is 15.9 Å². The van der Waals surface area contributed by atoms with Gasteiger partial charge in [0.05, 0.1) is 16.6 Å². The van der Waals surface area contributed by atoms with E-state index in [0.29, 0.717) is 10.7 Å². The van der Waals surface area contributed by atoms with Crippen LogP contribution in [0.25, 0.3) is 0 Å². The van der Waals surface area contributed by atoms with Crippen molar-refractivity contribution in [3.8, 4) is 0 Å². The molecule has 0 aliphatic carbocycles. The van der Waals surface area contributed by atoms with Crippen LogP contribution in [-0.2, 0) is 14.8 Å². The van der Waals surface area contributed by atoms with Gasteiger partial charge in [-0.1, -0.05) is 53.6 Å². The van der Waals surface area contributed by atoms with Crippen molar-refractivity contribution in [1.29, 1.82) is 0 Å². The average molecular weight is 457 g/mol. The number of hydrogen-bond acceptors (Lipinski definition) is 3. The summed E-state index contributed by atoms with van der Waals surface area (Å²) < 4.78 is 27.8. The van der Waals surface area contributed by atoms with Gasteiger partial charge in [-0.05, 0) is 68.3 Å². The van der Waals surface area contributed by atoms with Gasteiger partial charge in [0.15, 0.2) is 0 Å². The zero-order valence-electron chi connectivity index (χ0n) is 17.7. The van der Waals surface area contributed by atoms with E-state index in [1.807, 2.05) is 32.9 Å². The summed E-state index contributed by atoms with van der Waals surface area (Å²) >= 11 is 5.91. The van der Waals surface area contributed by atoms with Crippen molar-refractivity contribution in [3.05, 3.63) is 94.5 Å². The van der Waals surface area contributed by atoms with E-state index in [1.54, 1.807) is 30.3 Å². The molecule has 1 amide bonds. The van der Waals surface area contributed by atoms with Gasteiger partial charge in [-0.2, -0.15) is 0 Å². The lowest BCUT2D eigenvalue weighted by Crippen LogP contribution is -2.41. The molecule has 3 aromatic rings. The Kier molecular flexibility index (Phi) is 7.03. The number of carbonyl (C=O) groups excluding carboxylic acids is 1. The average Bonchev–Trinajstić information content (AvgIpc) is 2.72. The smallest absolute Gasteiger partial charge is 0.264 e. The van der Waals surface area contributed by atoms with Gasteiger partial charge in [0, 0.05) is 5.02 Å². The SMILES string of the molecule is Cc1ccc([C@H](C)NC(=O)CN(c2ccccc2)S(=O)(=O)c2ccc(Cl)cc2)c(C)c1. The Hall–Kier alpha value is -2.83. The van der Waals surface area contributed by atoms with Crippen molar-refractivity contribution in [2.75, 3.05) is 10.8 Å². The molecular weight excluding hydrogens is 432 g/mol. The Morgan fingerprint density at radius 3 is 2.26 bits per heavy atom. The van der Waals surface area contributed by atoms with Crippen LogP contribution < -0.4 is 9.62 Å². The van der Waals surface area contributed by atoms with Crippen molar-refractivity contribution in [2.45, 2.75) is 31.7 Å². The largest absolute Gasteiger partial charge is 0.348 e. The molecule has 0 saturated carbocycles. The molecule has 1 atom stereocenters. The molecule has 0 radical (unpaired) electrons. The molecule has 0 heterocycles. The highest BCUT2D eigenvalue weighted by Crippen LogP contribution is 2.25. The quantitative estimate of drug-likeness (QED) is 0.542. The molecule has 5 nitrogen and oxygen atoms in total. The number of amides is 1. The van der Waals surface area contributed by atoms with E-state index in [9.17, 15) is 13.2 Å². The minimum atomic E-state index is -3.97. The highest BCUT2D eigenvalue weighted by atomic mass is 35.5. The number of benzene rings is 3. The number of nitrogens with one attached hydrogen (secondary N) is 1. The fraction of sp³-hybridized carbons (Fsp3) is 0.208. The van der Waals surface area contributed by atoms with E-state index in [-0.39, 0.29) is 17.5 Å². The number of hydrogen-bond donors (Lipinski definition) is 1. The lowest BCUT2D eigenvalue weighted by atomic mass is 10.0. The summed E-state index contributed by atoms with van der Waals surface area (Å²) in [6.45, 7) is 5.55. The molecule has 162 valence electrons. The maximum Gasteiger partial charge on any atom is 0.264 e. The molecule has 0 unspecified atom stereocenters. The van der Waals surface area contributed by atoms with Crippen LogP contribution in [0.1, 0.15) is 29.7 Å². The van der Waals surface area contributed by atoms with Crippen LogP contribution >= 0.6 is 11.6 Å². The summed E-state index contributed by atoms with van der Waals surface area (Å²) in [5.41, 5.74) is 3.61. The Bertz CT molecular complexity index is 1160. The van der Waals surface area contributed by atoms with E-state index in [4.69, 9.17) is 11.6 Å². The number of para-hydroxylation sites is 1. The number of halogens is 1. The Balaban J connectivity index is 1.87. The molecule has 0 aliphatic heterocycles. The first-order valence-electron chi connectivity index (χ1n) is 9.88. The summed E-state index contributed by atoms with van der Waals surface area (Å²) in [7, 11) is -3.97. The van der Waals surface area contributed by atoms with Crippen molar-refractivity contribution in [3.63, 3.8) is 0 Å². The molecule has 1 N–H and O–H groups in total. The van der Waals surface area contributed by atoms with Crippen LogP contribution in [-0.4, -0.2) is 20.9 Å². The molecule has 0 saturated heterocycles. The van der Waals surface area contributed by atoms with E-state index >= 15 is 0 Å². The molecule has 0 bridgehead atoms. The van der Waals surface area contributed by atoms with Gasteiger partial charge >= 0.3 is 0 Å². The zero-order chi connectivity index (χ0) is 22.6. The molecule has 3 aromatic carbocycles. The number of aryl methyl sites for hydroxylation is 2. The number of anilines is 1. The molecule has 0 spiro atoms. The monoisotopic (exact) mass is 456 g/mol. The lowest BCUT2D eigenvalue weighted by Gasteiger charge is -2.25. The minimum Gasteiger partial charge on any atom is -0.348 e. The van der Waals surface area contributed by atoms with Gasteiger partial charge in [-0.15, -0.1) is 0 Å². The van der Waals surface area contributed by atoms with Crippen LogP contribution in [0.3, 0.4) is 0 Å². The van der Waals surface area contributed by atoms with Gasteiger partial charge in [-0.25, -0.2) is 8.42 Å². The van der Waals surface area contributed by atoms with Crippen molar-refractivity contribution >= 4 is 33.2 Å². The van der Waals surface area contributed by atoms with Crippen molar-refractivity contribution in [1.82, 2.24) is 5.32 Å². The second-order valence-electron chi connectivity index (χ2n) is 7.45. The molecule has 31 heavy (non-hydrogen) atoms. The number of sulfonamides is 1. The lowest BCUT2D eigenvalue weighted by molar-refractivity contribution is -0.120.